The number of aromatic hydroxyl groups is 1. The molecule has 0 aromatic heterocycles. The number of anilines is 4. The largest absolute Gasteiger partial charge is 0.506 e. The van der Waals surface area contributed by atoms with Crippen molar-refractivity contribution in [2.24, 2.45) is 0 Å². The number of nitrogens with two attached hydrogens (primary N) is 1. The van der Waals surface area contributed by atoms with E-state index < -0.39 is 0 Å². The molecular weight excluding hydrogens is 422 g/mol. The summed E-state index contributed by atoms with van der Waals surface area (Å²) in [4.78, 5) is 2.49. The molecule has 0 saturated heterocycles. The molecule has 0 radical (unpaired) electrons. The van der Waals surface area contributed by atoms with Crippen LogP contribution < -0.4 is 16.0 Å². The minimum atomic E-state index is 0.0310. The molecule has 0 bridgehead atoms. The lowest BCUT2D eigenvalue weighted by Crippen LogP contribution is -2.39. The van der Waals surface area contributed by atoms with Crippen LogP contribution in [0.4, 0.5) is 22.7 Å². The number of quaternary nitrogens is 2. The van der Waals surface area contributed by atoms with Crippen LogP contribution in [0, 0.1) is 6.92 Å². The molecule has 2 rings (SSSR count). The fourth-order valence-corrected chi connectivity index (χ4v) is 3.89. The number of aryl methyl sites for hydroxylation is 1. The zero-order valence-electron chi connectivity index (χ0n) is 20.9. The van der Waals surface area contributed by atoms with Crippen molar-refractivity contribution in [3.05, 3.63) is 40.9 Å². The summed E-state index contributed by atoms with van der Waals surface area (Å²) < 4.78 is 1.96. The molecule has 2 aromatic carbocycles. The van der Waals surface area contributed by atoms with Gasteiger partial charge < -0.3 is 30.0 Å². The number of halogens is 1. The molecule has 0 aliphatic carbocycles. The summed E-state index contributed by atoms with van der Waals surface area (Å²) in [7, 11) is 13.4. The average molecular weight is 464 g/mol. The predicted octanol–water partition coefficient (Wildman–Crippen LogP) is 4.68. The first kappa shape index (κ1) is 26.1. The molecule has 7 heteroatoms. The maximum atomic E-state index is 9.97. The van der Waals surface area contributed by atoms with Crippen molar-refractivity contribution in [1.82, 2.24) is 0 Å². The van der Waals surface area contributed by atoms with Crippen LogP contribution >= 0.6 is 11.6 Å². The van der Waals surface area contributed by atoms with Crippen molar-refractivity contribution < 1.29 is 14.1 Å². The van der Waals surface area contributed by atoms with Gasteiger partial charge in [-0.15, -0.1) is 0 Å². The summed E-state index contributed by atoms with van der Waals surface area (Å²) in [6, 6.07) is 10.3. The van der Waals surface area contributed by atoms with Crippen molar-refractivity contribution in [2.45, 2.75) is 19.8 Å². The molecule has 0 aliphatic rings. The second-order valence-corrected chi connectivity index (χ2v) is 11.1. The quantitative estimate of drug-likeness (QED) is 0.257. The summed E-state index contributed by atoms with van der Waals surface area (Å²) in [5, 5.41) is 13.5. The Kier molecular flexibility index (Phi) is 8.68. The smallest absolute Gasteiger partial charge is 0.139 e. The van der Waals surface area contributed by atoms with Crippen molar-refractivity contribution in [1.29, 1.82) is 0 Å². The molecule has 0 heterocycles. The van der Waals surface area contributed by atoms with Gasteiger partial charge in [0.1, 0.15) is 10.8 Å². The van der Waals surface area contributed by atoms with Gasteiger partial charge in [0.2, 0.25) is 0 Å². The van der Waals surface area contributed by atoms with Crippen LogP contribution in [0.2, 0.25) is 5.02 Å². The monoisotopic (exact) mass is 463 g/mol. The molecule has 178 valence electrons. The summed E-state index contributed by atoms with van der Waals surface area (Å²) in [6.07, 6.45) is 2.30. The number of nitrogens with zero attached hydrogens (tertiary/aromatic N) is 3. The van der Waals surface area contributed by atoms with Crippen LogP contribution in [0.25, 0.3) is 0 Å². The molecule has 0 amide bonds. The van der Waals surface area contributed by atoms with Gasteiger partial charge in [-0.1, -0.05) is 11.6 Å². The van der Waals surface area contributed by atoms with Gasteiger partial charge in [-0.2, -0.15) is 0 Å². The number of benzene rings is 2. The molecule has 0 fully saturated rings. The molecule has 0 atom stereocenters. The molecule has 2 aromatic rings. The van der Waals surface area contributed by atoms with Gasteiger partial charge in [0.15, 0.2) is 0 Å². The van der Waals surface area contributed by atoms with Crippen molar-refractivity contribution in [2.75, 3.05) is 84.4 Å². The summed E-state index contributed by atoms with van der Waals surface area (Å²) in [6.45, 7) is 6.18. The zero-order valence-corrected chi connectivity index (χ0v) is 21.6. The van der Waals surface area contributed by atoms with E-state index in [1.165, 1.54) is 5.69 Å². The molecule has 0 unspecified atom stereocenters. The molecule has 4 N–H and O–H groups in total. The Morgan fingerprint density at radius 1 is 0.938 bits per heavy atom. The molecule has 32 heavy (non-hydrogen) atoms. The second-order valence-electron chi connectivity index (χ2n) is 10.7. The standard InChI is InChI=1S/C25H41ClN5O/c1-19-18-22(24(27)23(26)25(19)32)28-20-10-12-21(13-11-20)29(14-8-16-30(2,3)4)15-9-17-31(5,6)7/h10-13,18,28H,8-9,14-17,27H2,1-7H3/q+1/p+1. The van der Waals surface area contributed by atoms with E-state index in [2.05, 4.69) is 76.8 Å². The maximum Gasteiger partial charge on any atom is 0.139 e. The van der Waals surface area contributed by atoms with Gasteiger partial charge in [0.05, 0.1) is 66.8 Å². The van der Waals surface area contributed by atoms with Gasteiger partial charge in [0, 0.05) is 37.3 Å². The van der Waals surface area contributed by atoms with Gasteiger partial charge in [-0.25, -0.2) is 0 Å². The highest BCUT2D eigenvalue weighted by Gasteiger charge is 2.15. The number of phenolic OH excluding ortho intramolecular Hbond substituents is 1. The Labute approximate surface area is 199 Å². The molecule has 0 aliphatic heterocycles. The van der Waals surface area contributed by atoms with Crippen LogP contribution in [-0.2, 0) is 0 Å². The van der Waals surface area contributed by atoms with E-state index in [0.29, 0.717) is 16.9 Å². The SMILES string of the molecule is Cc1cc(Nc2ccc(N(CCC[N+](C)(C)C)CCC[N+](C)(C)C)cc2)c(N)c(Cl)c1O. The lowest BCUT2D eigenvalue weighted by atomic mass is 10.1. The van der Waals surface area contributed by atoms with E-state index in [-0.39, 0.29) is 10.8 Å². The highest BCUT2D eigenvalue weighted by atomic mass is 35.5. The number of nitrogens with one attached hydrogen (secondary N) is 1. The van der Waals surface area contributed by atoms with E-state index in [0.717, 1.165) is 53.7 Å². The van der Waals surface area contributed by atoms with Gasteiger partial charge in [0.25, 0.3) is 0 Å². The number of phenols is 1. The number of rotatable bonds is 11. The van der Waals surface area contributed by atoms with Crippen LogP contribution in [0.15, 0.2) is 30.3 Å². The Hall–Kier alpha value is -2.15. The maximum absolute atomic E-state index is 9.97. The summed E-state index contributed by atoms with van der Waals surface area (Å²) in [5.74, 6) is 0.0310. The Morgan fingerprint density at radius 2 is 1.44 bits per heavy atom. The van der Waals surface area contributed by atoms with E-state index in [9.17, 15) is 5.11 Å². The van der Waals surface area contributed by atoms with Crippen LogP contribution in [0.1, 0.15) is 18.4 Å². The normalized spacial score (nSPS) is 12.1. The van der Waals surface area contributed by atoms with Crippen molar-refractivity contribution in [3.8, 4) is 5.75 Å². The predicted molar refractivity (Wildman–Crippen MR) is 139 cm³/mol. The third-order valence-electron chi connectivity index (χ3n) is 5.49. The number of nitrogen functional groups attached to an aromatic ring is 1. The number of hydrogen-bond donors (Lipinski definition) is 3. The van der Waals surface area contributed by atoms with E-state index in [4.69, 9.17) is 17.3 Å². The first-order valence-corrected chi connectivity index (χ1v) is 11.6. The zero-order chi connectivity index (χ0) is 24.1. The van der Waals surface area contributed by atoms with Crippen LogP contribution in [0.3, 0.4) is 0 Å². The average Bonchev–Trinajstić information content (AvgIpc) is 2.68. The lowest BCUT2D eigenvalue weighted by Gasteiger charge is -2.30. The topological polar surface area (TPSA) is 61.5 Å². The second kappa shape index (κ2) is 10.6. The summed E-state index contributed by atoms with van der Waals surface area (Å²) >= 11 is 6.16. The third-order valence-corrected chi connectivity index (χ3v) is 5.88. The fourth-order valence-electron chi connectivity index (χ4n) is 3.64. The van der Waals surface area contributed by atoms with Crippen molar-refractivity contribution >= 4 is 34.4 Å². The lowest BCUT2D eigenvalue weighted by molar-refractivity contribution is -0.870. The van der Waals surface area contributed by atoms with Crippen LogP contribution in [-0.4, -0.2) is 82.5 Å². The number of hydrogen-bond acceptors (Lipinski definition) is 4. The Bertz CT molecular complexity index is 865. The third kappa shape index (κ3) is 8.08. The minimum absolute atomic E-state index is 0.0310. The van der Waals surface area contributed by atoms with E-state index in [1.54, 1.807) is 6.92 Å². The fraction of sp³-hybridized carbons (Fsp3) is 0.520. The van der Waals surface area contributed by atoms with Gasteiger partial charge in [-0.3, -0.25) is 0 Å². The molecule has 0 spiro atoms. The van der Waals surface area contributed by atoms with Gasteiger partial charge >= 0.3 is 0 Å². The van der Waals surface area contributed by atoms with Gasteiger partial charge in [-0.05, 0) is 42.8 Å². The van der Waals surface area contributed by atoms with E-state index in [1.807, 2.05) is 6.07 Å². The first-order chi connectivity index (χ1) is 14.8. The Balaban J connectivity index is 2.13. The summed E-state index contributed by atoms with van der Waals surface area (Å²) in [5.41, 5.74) is 9.98. The molecule has 0 saturated carbocycles. The van der Waals surface area contributed by atoms with E-state index >= 15 is 0 Å². The molecule has 6 nitrogen and oxygen atoms in total. The highest BCUT2D eigenvalue weighted by molar-refractivity contribution is 6.35. The molecular formula is C25H42ClN5O+2. The Morgan fingerprint density at radius 3 is 1.91 bits per heavy atom. The highest BCUT2D eigenvalue weighted by Crippen LogP contribution is 2.39. The first-order valence-electron chi connectivity index (χ1n) is 11.3. The minimum Gasteiger partial charge on any atom is -0.506 e. The van der Waals surface area contributed by atoms with Crippen LogP contribution in [0.5, 0.6) is 5.75 Å². The van der Waals surface area contributed by atoms with Crippen molar-refractivity contribution in [3.63, 3.8) is 0 Å².